The van der Waals surface area contributed by atoms with Gasteiger partial charge in [0, 0.05) is 26.1 Å². The zero-order chi connectivity index (χ0) is 13.2. The number of nitrogens with two attached hydrogens (primary N) is 1. The van der Waals surface area contributed by atoms with Gasteiger partial charge >= 0.3 is 6.09 Å². The van der Waals surface area contributed by atoms with Gasteiger partial charge in [-0.3, -0.25) is 4.79 Å². The lowest BCUT2D eigenvalue weighted by molar-refractivity contribution is -0.133. The van der Waals surface area contributed by atoms with Crippen molar-refractivity contribution in [3.8, 4) is 0 Å². The number of hydrogen-bond donors (Lipinski definition) is 2. The number of rotatable bonds is 1. The summed E-state index contributed by atoms with van der Waals surface area (Å²) in [4.78, 5) is 24.5. The van der Waals surface area contributed by atoms with Gasteiger partial charge in [-0.1, -0.05) is 0 Å². The van der Waals surface area contributed by atoms with Crippen LogP contribution in [0.3, 0.4) is 0 Å². The molecule has 0 aromatic heterocycles. The first kappa shape index (κ1) is 13.8. The maximum absolute atomic E-state index is 11.6. The van der Waals surface area contributed by atoms with Crippen molar-refractivity contribution in [1.82, 2.24) is 10.2 Å². The van der Waals surface area contributed by atoms with Crippen molar-refractivity contribution >= 4 is 12.0 Å². The van der Waals surface area contributed by atoms with Gasteiger partial charge in [0.05, 0.1) is 6.04 Å². The van der Waals surface area contributed by atoms with Gasteiger partial charge in [0.15, 0.2) is 0 Å². The highest BCUT2D eigenvalue weighted by Gasteiger charge is 2.31. The van der Waals surface area contributed by atoms with E-state index in [1.165, 1.54) is 0 Å². The molecule has 0 spiro atoms. The van der Waals surface area contributed by atoms with Crippen LogP contribution in [0.1, 0.15) is 27.2 Å². The summed E-state index contributed by atoms with van der Waals surface area (Å²) in [6.07, 6.45) is -0.252. The lowest BCUT2D eigenvalue weighted by Gasteiger charge is -2.35. The standard InChI is InChI=1S/C11H21N3O3/c1-11(2,3)17-10(16)13-8-6-14(4)9(15)5-7(8)12/h7-8H,5-6,12H2,1-4H3,(H,13,16)/t7-,8?/m1/s1. The second-order valence-corrected chi connectivity index (χ2v) is 5.39. The molecule has 1 fully saturated rings. The number of hydrogen-bond acceptors (Lipinski definition) is 4. The molecule has 1 rings (SSSR count). The predicted molar refractivity (Wildman–Crippen MR) is 63.4 cm³/mol. The molecule has 17 heavy (non-hydrogen) atoms. The Morgan fingerprint density at radius 1 is 1.53 bits per heavy atom. The van der Waals surface area contributed by atoms with Gasteiger partial charge in [-0.2, -0.15) is 0 Å². The summed E-state index contributed by atoms with van der Waals surface area (Å²) in [7, 11) is 1.69. The number of nitrogens with one attached hydrogen (secondary N) is 1. The third kappa shape index (κ3) is 4.22. The number of carbonyl (C=O) groups excluding carboxylic acids is 2. The van der Waals surface area contributed by atoms with E-state index in [0.29, 0.717) is 6.54 Å². The largest absolute Gasteiger partial charge is 0.444 e. The Morgan fingerprint density at radius 3 is 2.65 bits per heavy atom. The van der Waals surface area contributed by atoms with Gasteiger partial charge in [-0.05, 0) is 20.8 Å². The molecule has 1 aliphatic rings. The summed E-state index contributed by atoms with van der Waals surface area (Å²) in [5, 5.41) is 2.70. The Bertz CT molecular complexity index is 312. The lowest BCUT2D eigenvalue weighted by atomic mass is 10.0. The van der Waals surface area contributed by atoms with Crippen LogP contribution in [-0.2, 0) is 9.53 Å². The number of amides is 2. The Kier molecular flexibility index (Phi) is 3.98. The number of carbonyl (C=O) groups is 2. The second-order valence-electron chi connectivity index (χ2n) is 5.39. The molecule has 2 amide bonds. The summed E-state index contributed by atoms with van der Waals surface area (Å²) in [5.74, 6) is -0.000242. The van der Waals surface area contributed by atoms with Crippen LogP contribution in [0.25, 0.3) is 0 Å². The zero-order valence-electron chi connectivity index (χ0n) is 10.8. The average molecular weight is 243 g/mol. The molecule has 0 saturated carbocycles. The molecule has 0 aliphatic carbocycles. The third-order valence-electron chi connectivity index (χ3n) is 2.53. The van der Waals surface area contributed by atoms with Gasteiger partial charge in [0.2, 0.25) is 5.91 Å². The van der Waals surface area contributed by atoms with E-state index < -0.39 is 11.7 Å². The van der Waals surface area contributed by atoms with Crippen molar-refractivity contribution in [1.29, 1.82) is 0 Å². The van der Waals surface area contributed by atoms with Crippen LogP contribution in [0.2, 0.25) is 0 Å². The first-order chi connectivity index (χ1) is 7.69. The van der Waals surface area contributed by atoms with Crippen LogP contribution in [0, 0.1) is 0 Å². The van der Waals surface area contributed by atoms with Crippen LogP contribution in [0.5, 0.6) is 0 Å². The van der Waals surface area contributed by atoms with Crippen molar-refractivity contribution in [2.45, 2.75) is 44.9 Å². The highest BCUT2D eigenvalue weighted by atomic mass is 16.6. The highest BCUT2D eigenvalue weighted by molar-refractivity contribution is 5.78. The van der Waals surface area contributed by atoms with Crippen molar-refractivity contribution in [3.05, 3.63) is 0 Å². The monoisotopic (exact) mass is 243 g/mol. The van der Waals surface area contributed by atoms with Gasteiger partial charge in [-0.15, -0.1) is 0 Å². The summed E-state index contributed by atoms with van der Waals surface area (Å²) >= 11 is 0. The smallest absolute Gasteiger partial charge is 0.407 e. The maximum Gasteiger partial charge on any atom is 0.407 e. The highest BCUT2D eigenvalue weighted by Crippen LogP contribution is 2.11. The van der Waals surface area contributed by atoms with Crippen LogP contribution < -0.4 is 11.1 Å². The molecule has 0 bridgehead atoms. The van der Waals surface area contributed by atoms with Crippen LogP contribution >= 0.6 is 0 Å². The lowest BCUT2D eigenvalue weighted by Crippen LogP contribution is -2.59. The molecule has 1 saturated heterocycles. The van der Waals surface area contributed by atoms with Crippen LogP contribution in [-0.4, -0.2) is 48.2 Å². The number of nitrogens with zero attached hydrogens (tertiary/aromatic N) is 1. The molecule has 1 heterocycles. The van der Waals surface area contributed by atoms with E-state index in [0.717, 1.165) is 0 Å². The Hall–Kier alpha value is -1.30. The van der Waals surface area contributed by atoms with Crippen LogP contribution in [0.15, 0.2) is 0 Å². The number of ether oxygens (including phenoxy) is 1. The molecule has 98 valence electrons. The molecular formula is C11H21N3O3. The zero-order valence-corrected chi connectivity index (χ0v) is 10.8. The number of piperidine rings is 1. The molecule has 6 heteroatoms. The van der Waals surface area contributed by atoms with E-state index in [1.807, 2.05) is 0 Å². The maximum atomic E-state index is 11.6. The van der Waals surface area contributed by atoms with Gasteiger partial charge in [0.1, 0.15) is 5.60 Å². The summed E-state index contributed by atoms with van der Waals surface area (Å²) in [6, 6.07) is -0.612. The molecule has 0 radical (unpaired) electrons. The summed E-state index contributed by atoms with van der Waals surface area (Å²) in [6.45, 7) is 5.80. The van der Waals surface area contributed by atoms with Gasteiger partial charge in [0.25, 0.3) is 0 Å². The normalized spacial score (nSPS) is 25.7. The minimum atomic E-state index is -0.537. The minimum absolute atomic E-state index is 0.000242. The second kappa shape index (κ2) is 4.91. The van der Waals surface area contributed by atoms with Crippen molar-refractivity contribution in [3.63, 3.8) is 0 Å². The van der Waals surface area contributed by atoms with E-state index in [4.69, 9.17) is 10.5 Å². The van der Waals surface area contributed by atoms with E-state index in [2.05, 4.69) is 5.32 Å². The third-order valence-corrected chi connectivity index (χ3v) is 2.53. The van der Waals surface area contributed by atoms with Crippen molar-refractivity contribution in [2.24, 2.45) is 5.73 Å². The fourth-order valence-electron chi connectivity index (χ4n) is 1.64. The fraction of sp³-hybridized carbons (Fsp3) is 0.818. The quantitative estimate of drug-likeness (QED) is 0.682. The fourth-order valence-corrected chi connectivity index (χ4v) is 1.64. The molecule has 6 nitrogen and oxygen atoms in total. The molecule has 0 aromatic rings. The predicted octanol–water partition coefficient (Wildman–Crippen LogP) is 0.0691. The Balaban J connectivity index is 2.51. The minimum Gasteiger partial charge on any atom is -0.444 e. The Labute approximate surface area is 101 Å². The van der Waals surface area contributed by atoms with Crippen LogP contribution in [0.4, 0.5) is 4.79 Å². The van der Waals surface area contributed by atoms with E-state index >= 15 is 0 Å². The van der Waals surface area contributed by atoms with Gasteiger partial charge < -0.3 is 20.7 Å². The van der Waals surface area contributed by atoms with Crippen molar-refractivity contribution < 1.29 is 14.3 Å². The van der Waals surface area contributed by atoms with E-state index in [9.17, 15) is 9.59 Å². The molecule has 2 atom stereocenters. The number of likely N-dealkylation sites (N-methyl/N-ethyl adjacent to an activating group) is 1. The Morgan fingerprint density at radius 2 is 2.12 bits per heavy atom. The first-order valence-corrected chi connectivity index (χ1v) is 5.68. The van der Waals surface area contributed by atoms with Gasteiger partial charge in [-0.25, -0.2) is 4.79 Å². The number of likely N-dealkylation sites (tertiary alicyclic amines) is 1. The first-order valence-electron chi connectivity index (χ1n) is 5.68. The molecular weight excluding hydrogens is 222 g/mol. The van der Waals surface area contributed by atoms with E-state index in [-0.39, 0.29) is 24.4 Å². The molecule has 0 aromatic carbocycles. The molecule has 1 aliphatic heterocycles. The summed E-state index contributed by atoms with van der Waals surface area (Å²) in [5.41, 5.74) is 5.29. The topological polar surface area (TPSA) is 84.7 Å². The SMILES string of the molecule is CN1CC(NC(=O)OC(C)(C)C)[C@H](N)CC1=O. The number of alkyl carbamates (subject to hydrolysis) is 1. The van der Waals surface area contributed by atoms with Crippen molar-refractivity contribution in [2.75, 3.05) is 13.6 Å². The molecule has 1 unspecified atom stereocenters. The van der Waals surface area contributed by atoms with E-state index in [1.54, 1.807) is 32.7 Å². The average Bonchev–Trinajstić information content (AvgIpc) is 2.11. The summed E-state index contributed by atoms with van der Waals surface area (Å²) < 4.78 is 5.14. The molecule has 3 N–H and O–H groups in total.